The summed E-state index contributed by atoms with van der Waals surface area (Å²) in [6.45, 7) is 4.30. The molecule has 132 valence electrons. The van der Waals surface area contributed by atoms with E-state index in [1.807, 2.05) is 0 Å². The molecule has 0 radical (unpaired) electrons. The maximum Gasteiger partial charge on any atom is 0.191 e. The van der Waals surface area contributed by atoms with E-state index in [1.54, 1.807) is 18.4 Å². The SMILES string of the molecule is CN=C(NCCOCCS(C)(=O)=O)NCC(C)Cc1cccs1. The van der Waals surface area contributed by atoms with Crippen molar-refractivity contribution >= 4 is 27.1 Å². The fourth-order valence-corrected chi connectivity index (χ4v) is 3.18. The molecule has 0 aliphatic heterocycles. The summed E-state index contributed by atoms with van der Waals surface area (Å²) in [5, 5.41) is 8.53. The fourth-order valence-electron chi connectivity index (χ4n) is 1.89. The number of aliphatic imine (C=N–C) groups is 1. The van der Waals surface area contributed by atoms with Crippen molar-refractivity contribution in [1.82, 2.24) is 10.6 Å². The Kier molecular flexibility index (Phi) is 9.20. The average Bonchev–Trinajstić information content (AvgIpc) is 2.97. The van der Waals surface area contributed by atoms with Crippen LogP contribution in [-0.4, -0.2) is 59.7 Å². The van der Waals surface area contributed by atoms with Gasteiger partial charge in [0, 0.05) is 31.3 Å². The molecule has 0 aliphatic rings. The van der Waals surface area contributed by atoms with Crippen molar-refractivity contribution in [2.45, 2.75) is 13.3 Å². The van der Waals surface area contributed by atoms with Crippen LogP contribution in [0.15, 0.2) is 22.5 Å². The van der Waals surface area contributed by atoms with Crippen molar-refractivity contribution < 1.29 is 13.2 Å². The molecule has 6 nitrogen and oxygen atoms in total. The molecule has 0 saturated heterocycles. The second-order valence-electron chi connectivity index (χ2n) is 5.51. The molecule has 0 aliphatic carbocycles. The third kappa shape index (κ3) is 10.3. The molecule has 1 aromatic rings. The van der Waals surface area contributed by atoms with Gasteiger partial charge in [-0.2, -0.15) is 0 Å². The highest BCUT2D eigenvalue weighted by Gasteiger charge is 2.06. The van der Waals surface area contributed by atoms with Crippen LogP contribution in [0.5, 0.6) is 0 Å². The molecular weight excluding hydrogens is 334 g/mol. The zero-order valence-corrected chi connectivity index (χ0v) is 15.7. The second-order valence-corrected chi connectivity index (χ2v) is 8.80. The Labute approximate surface area is 143 Å². The number of rotatable bonds is 10. The van der Waals surface area contributed by atoms with Crippen LogP contribution < -0.4 is 10.6 Å². The first-order valence-corrected chi connectivity index (χ1v) is 10.6. The van der Waals surface area contributed by atoms with Gasteiger partial charge in [0.1, 0.15) is 9.84 Å². The first-order valence-electron chi connectivity index (χ1n) is 7.63. The minimum atomic E-state index is -2.95. The van der Waals surface area contributed by atoms with Crippen LogP contribution in [-0.2, 0) is 21.0 Å². The van der Waals surface area contributed by atoms with Gasteiger partial charge in [-0.1, -0.05) is 13.0 Å². The first-order chi connectivity index (χ1) is 10.9. The van der Waals surface area contributed by atoms with E-state index in [1.165, 1.54) is 11.1 Å². The Balaban J connectivity index is 2.12. The fraction of sp³-hybridized carbons (Fsp3) is 0.667. The van der Waals surface area contributed by atoms with Crippen LogP contribution in [0.25, 0.3) is 0 Å². The monoisotopic (exact) mass is 361 g/mol. The lowest BCUT2D eigenvalue weighted by molar-refractivity contribution is 0.154. The lowest BCUT2D eigenvalue weighted by Crippen LogP contribution is -2.41. The van der Waals surface area contributed by atoms with Crippen molar-refractivity contribution in [3.8, 4) is 0 Å². The molecule has 1 heterocycles. The van der Waals surface area contributed by atoms with E-state index in [0.29, 0.717) is 19.1 Å². The molecule has 0 amide bonds. The van der Waals surface area contributed by atoms with Gasteiger partial charge >= 0.3 is 0 Å². The van der Waals surface area contributed by atoms with E-state index < -0.39 is 9.84 Å². The Morgan fingerprint density at radius 1 is 1.39 bits per heavy atom. The molecule has 0 bridgehead atoms. The predicted octanol–water partition coefficient (Wildman–Crippen LogP) is 1.15. The molecule has 0 spiro atoms. The molecule has 23 heavy (non-hydrogen) atoms. The van der Waals surface area contributed by atoms with Gasteiger partial charge in [-0.3, -0.25) is 4.99 Å². The molecule has 0 fully saturated rings. The first kappa shape index (κ1) is 19.9. The Bertz CT molecular complexity index is 557. The lowest BCUT2D eigenvalue weighted by atomic mass is 10.1. The molecule has 0 saturated carbocycles. The third-order valence-corrected chi connectivity index (χ3v) is 4.92. The minimum absolute atomic E-state index is 0.0558. The van der Waals surface area contributed by atoms with Gasteiger partial charge in [0.2, 0.25) is 0 Å². The summed E-state index contributed by atoms with van der Waals surface area (Å²) in [7, 11) is -1.23. The van der Waals surface area contributed by atoms with E-state index in [0.717, 1.165) is 18.9 Å². The smallest absolute Gasteiger partial charge is 0.191 e. The maximum atomic E-state index is 11.0. The van der Waals surface area contributed by atoms with Crippen LogP contribution in [0.2, 0.25) is 0 Å². The summed E-state index contributed by atoms with van der Waals surface area (Å²) in [6.07, 6.45) is 2.26. The van der Waals surface area contributed by atoms with E-state index in [-0.39, 0.29) is 12.4 Å². The van der Waals surface area contributed by atoms with Crippen molar-refractivity contribution in [2.75, 3.05) is 45.4 Å². The summed E-state index contributed by atoms with van der Waals surface area (Å²) >= 11 is 1.78. The summed E-state index contributed by atoms with van der Waals surface area (Å²) in [6, 6.07) is 4.23. The number of thiophene rings is 1. The summed E-state index contributed by atoms with van der Waals surface area (Å²) in [5.41, 5.74) is 0. The predicted molar refractivity (Wildman–Crippen MR) is 97.1 cm³/mol. The number of ether oxygens (including phenoxy) is 1. The number of nitrogens with zero attached hydrogens (tertiary/aromatic N) is 1. The number of hydrogen-bond acceptors (Lipinski definition) is 5. The van der Waals surface area contributed by atoms with Crippen LogP contribution in [0.3, 0.4) is 0 Å². The molecule has 1 rings (SSSR count). The number of hydrogen-bond donors (Lipinski definition) is 2. The highest BCUT2D eigenvalue weighted by atomic mass is 32.2. The molecule has 8 heteroatoms. The van der Waals surface area contributed by atoms with Gasteiger partial charge in [0.05, 0.1) is 19.0 Å². The zero-order chi connectivity index (χ0) is 17.1. The number of guanidine groups is 1. The van der Waals surface area contributed by atoms with E-state index in [9.17, 15) is 8.42 Å². The van der Waals surface area contributed by atoms with Gasteiger partial charge in [0.15, 0.2) is 5.96 Å². The molecule has 0 aromatic carbocycles. The van der Waals surface area contributed by atoms with Crippen molar-refractivity contribution in [3.05, 3.63) is 22.4 Å². The quantitative estimate of drug-likeness (QED) is 0.371. The Morgan fingerprint density at radius 2 is 2.17 bits per heavy atom. The van der Waals surface area contributed by atoms with Crippen LogP contribution in [0.1, 0.15) is 11.8 Å². The summed E-state index contributed by atoms with van der Waals surface area (Å²) < 4.78 is 27.2. The Morgan fingerprint density at radius 3 is 2.78 bits per heavy atom. The highest BCUT2D eigenvalue weighted by Crippen LogP contribution is 2.13. The van der Waals surface area contributed by atoms with Gasteiger partial charge in [-0.05, 0) is 23.8 Å². The van der Waals surface area contributed by atoms with E-state index in [2.05, 4.69) is 40.1 Å². The van der Waals surface area contributed by atoms with E-state index in [4.69, 9.17) is 4.74 Å². The zero-order valence-electron chi connectivity index (χ0n) is 14.0. The van der Waals surface area contributed by atoms with Gasteiger partial charge < -0.3 is 15.4 Å². The normalized spacial score (nSPS) is 13.8. The van der Waals surface area contributed by atoms with Crippen LogP contribution >= 0.6 is 11.3 Å². The van der Waals surface area contributed by atoms with Crippen LogP contribution in [0, 0.1) is 5.92 Å². The van der Waals surface area contributed by atoms with Gasteiger partial charge in [0.25, 0.3) is 0 Å². The van der Waals surface area contributed by atoms with Crippen molar-refractivity contribution in [1.29, 1.82) is 0 Å². The molecular formula is C15H27N3O3S2. The minimum Gasteiger partial charge on any atom is -0.379 e. The lowest BCUT2D eigenvalue weighted by Gasteiger charge is -2.15. The highest BCUT2D eigenvalue weighted by molar-refractivity contribution is 7.90. The molecule has 1 aromatic heterocycles. The van der Waals surface area contributed by atoms with Crippen molar-refractivity contribution in [2.24, 2.45) is 10.9 Å². The maximum absolute atomic E-state index is 11.0. The molecule has 1 atom stereocenters. The summed E-state index contributed by atoms with van der Waals surface area (Å²) in [4.78, 5) is 5.55. The summed E-state index contributed by atoms with van der Waals surface area (Å²) in [5.74, 6) is 1.30. The van der Waals surface area contributed by atoms with E-state index >= 15 is 0 Å². The van der Waals surface area contributed by atoms with Crippen molar-refractivity contribution in [3.63, 3.8) is 0 Å². The second kappa shape index (κ2) is 10.6. The Hall–Kier alpha value is -1.12. The molecule has 1 unspecified atom stereocenters. The number of nitrogens with one attached hydrogen (secondary N) is 2. The standard InChI is InChI=1S/C15H27N3O3S2/c1-13(11-14-5-4-9-22-14)12-18-15(16-2)17-6-7-21-8-10-23(3,19)20/h4-5,9,13H,6-8,10-12H2,1-3H3,(H2,16,17,18). The third-order valence-electron chi connectivity index (χ3n) is 3.11. The number of sulfone groups is 1. The topological polar surface area (TPSA) is 79.8 Å². The molecule has 2 N–H and O–H groups in total. The van der Waals surface area contributed by atoms with Crippen LogP contribution in [0.4, 0.5) is 0 Å². The van der Waals surface area contributed by atoms with Gasteiger partial charge in [-0.25, -0.2) is 8.42 Å². The van der Waals surface area contributed by atoms with Gasteiger partial charge in [-0.15, -0.1) is 11.3 Å². The largest absolute Gasteiger partial charge is 0.379 e. The average molecular weight is 362 g/mol.